The topological polar surface area (TPSA) is 91.3 Å². The number of hydrogen-bond acceptors (Lipinski definition) is 5. The summed E-state index contributed by atoms with van der Waals surface area (Å²) >= 11 is 1.28. The predicted octanol–water partition coefficient (Wildman–Crippen LogP) is 3.49. The maximum atomic E-state index is 12.6. The molecule has 6 nitrogen and oxygen atoms in total. The molecule has 0 atom stereocenters. The largest absolute Gasteiger partial charge is 0.334 e. The van der Waals surface area contributed by atoms with E-state index in [1.807, 2.05) is 35.7 Å². The van der Waals surface area contributed by atoms with Crippen LogP contribution in [0, 0.1) is 11.8 Å². The zero-order valence-electron chi connectivity index (χ0n) is 15.9. The van der Waals surface area contributed by atoms with Crippen molar-refractivity contribution in [3.05, 3.63) is 76.1 Å². The molecular formula is C22H19N3O3S. The van der Waals surface area contributed by atoms with Crippen molar-refractivity contribution >= 4 is 23.2 Å². The van der Waals surface area contributed by atoms with Gasteiger partial charge < -0.3 is 5.32 Å². The van der Waals surface area contributed by atoms with Gasteiger partial charge in [0.05, 0.1) is 11.2 Å². The van der Waals surface area contributed by atoms with Gasteiger partial charge in [-0.25, -0.2) is 10.5 Å². The number of carbonyl (C=O) groups is 2. The Balaban J connectivity index is 1.68. The average molecular weight is 405 g/mol. The molecule has 2 aromatic carbocycles. The monoisotopic (exact) mass is 405 g/mol. The summed E-state index contributed by atoms with van der Waals surface area (Å²) in [6, 6.07) is 16.1. The van der Waals surface area contributed by atoms with Crippen molar-refractivity contribution in [2.75, 3.05) is 0 Å². The van der Waals surface area contributed by atoms with E-state index in [0.717, 1.165) is 11.3 Å². The maximum Gasteiger partial charge on any atom is 0.281 e. The van der Waals surface area contributed by atoms with Gasteiger partial charge in [0.25, 0.3) is 11.8 Å². The van der Waals surface area contributed by atoms with Crippen LogP contribution in [0.15, 0.2) is 60.0 Å². The maximum absolute atomic E-state index is 12.6. The van der Waals surface area contributed by atoms with Crippen LogP contribution in [-0.2, 0) is 0 Å². The highest BCUT2D eigenvalue weighted by Crippen LogP contribution is 2.21. The van der Waals surface area contributed by atoms with Gasteiger partial charge in [0.1, 0.15) is 0 Å². The van der Waals surface area contributed by atoms with E-state index in [1.54, 1.807) is 43.6 Å². The molecule has 29 heavy (non-hydrogen) atoms. The van der Waals surface area contributed by atoms with Crippen LogP contribution in [0.2, 0.25) is 0 Å². The standard InChI is InChI=1S/C22H19N3O3S/c1-22(2,13-12-15-8-10-17(11-9-15)19(26)25-28)24-20(27)21-23-18(14-29-21)16-6-4-3-5-7-16/h3-11,14,28H,1-2H3,(H,24,27)(H,25,26). The molecule has 2 amide bonds. The molecule has 146 valence electrons. The lowest BCUT2D eigenvalue weighted by Gasteiger charge is -2.18. The number of amides is 2. The molecule has 0 saturated carbocycles. The van der Waals surface area contributed by atoms with E-state index in [-0.39, 0.29) is 5.91 Å². The molecule has 0 spiro atoms. The SMILES string of the molecule is CC(C)(C#Cc1ccc(C(=O)NO)cc1)NC(=O)c1nc(-c2ccccc2)cs1. The van der Waals surface area contributed by atoms with Crippen LogP contribution < -0.4 is 10.8 Å². The molecule has 0 fully saturated rings. The van der Waals surface area contributed by atoms with Crippen molar-refractivity contribution in [2.45, 2.75) is 19.4 Å². The van der Waals surface area contributed by atoms with Crippen LogP contribution in [0.5, 0.6) is 0 Å². The minimum Gasteiger partial charge on any atom is -0.334 e. The molecule has 0 aliphatic rings. The number of aromatic nitrogens is 1. The van der Waals surface area contributed by atoms with E-state index >= 15 is 0 Å². The van der Waals surface area contributed by atoms with Crippen LogP contribution in [0.1, 0.15) is 39.6 Å². The van der Waals surface area contributed by atoms with Crippen molar-refractivity contribution in [3.8, 4) is 23.1 Å². The lowest BCUT2D eigenvalue weighted by molar-refractivity contribution is 0.0706. The second-order valence-electron chi connectivity index (χ2n) is 6.75. The third kappa shape index (κ3) is 5.29. The molecule has 0 bridgehead atoms. The van der Waals surface area contributed by atoms with Gasteiger partial charge in [0.15, 0.2) is 5.01 Å². The molecule has 3 aromatic rings. The highest BCUT2D eigenvalue weighted by molar-refractivity contribution is 7.12. The highest BCUT2D eigenvalue weighted by atomic mass is 32.1. The zero-order chi connectivity index (χ0) is 20.9. The van der Waals surface area contributed by atoms with E-state index < -0.39 is 11.4 Å². The van der Waals surface area contributed by atoms with Crippen molar-refractivity contribution in [3.63, 3.8) is 0 Å². The Bertz CT molecular complexity index is 1080. The summed E-state index contributed by atoms with van der Waals surface area (Å²) in [4.78, 5) is 28.3. The van der Waals surface area contributed by atoms with Crippen molar-refractivity contribution in [2.24, 2.45) is 0 Å². The number of carbonyl (C=O) groups excluding carboxylic acids is 2. The van der Waals surface area contributed by atoms with Crippen LogP contribution in [-0.4, -0.2) is 27.5 Å². The number of rotatable bonds is 4. The molecule has 0 aliphatic heterocycles. The zero-order valence-corrected chi connectivity index (χ0v) is 16.7. The van der Waals surface area contributed by atoms with Crippen LogP contribution in [0.25, 0.3) is 11.3 Å². The van der Waals surface area contributed by atoms with Gasteiger partial charge >= 0.3 is 0 Å². The first kappa shape index (κ1) is 20.3. The molecule has 0 radical (unpaired) electrons. The first-order valence-corrected chi connectivity index (χ1v) is 9.67. The van der Waals surface area contributed by atoms with Gasteiger partial charge in [-0.3, -0.25) is 14.8 Å². The Morgan fingerprint density at radius 2 is 1.72 bits per heavy atom. The molecular weight excluding hydrogens is 386 g/mol. The fourth-order valence-corrected chi connectivity index (χ4v) is 3.21. The van der Waals surface area contributed by atoms with Gasteiger partial charge in [-0.1, -0.05) is 42.2 Å². The number of hydroxylamine groups is 1. The van der Waals surface area contributed by atoms with Crippen LogP contribution >= 0.6 is 11.3 Å². The second-order valence-corrected chi connectivity index (χ2v) is 7.61. The summed E-state index contributed by atoms with van der Waals surface area (Å²) in [5.74, 6) is 5.13. The summed E-state index contributed by atoms with van der Waals surface area (Å²) < 4.78 is 0. The number of nitrogens with one attached hydrogen (secondary N) is 2. The van der Waals surface area contributed by atoms with Gasteiger partial charge in [-0.05, 0) is 38.1 Å². The van der Waals surface area contributed by atoms with E-state index in [4.69, 9.17) is 5.21 Å². The van der Waals surface area contributed by atoms with E-state index in [2.05, 4.69) is 22.1 Å². The summed E-state index contributed by atoms with van der Waals surface area (Å²) in [6.07, 6.45) is 0. The number of hydrogen-bond donors (Lipinski definition) is 3. The lowest BCUT2D eigenvalue weighted by atomic mass is 10.0. The second kappa shape index (κ2) is 8.69. The minimum absolute atomic E-state index is 0.286. The first-order chi connectivity index (χ1) is 13.9. The smallest absolute Gasteiger partial charge is 0.281 e. The average Bonchev–Trinajstić information content (AvgIpc) is 3.23. The fraction of sp³-hybridized carbons (Fsp3) is 0.136. The Morgan fingerprint density at radius 1 is 1.03 bits per heavy atom. The Morgan fingerprint density at radius 3 is 2.38 bits per heavy atom. The third-order valence-corrected chi connectivity index (χ3v) is 4.80. The Hall–Kier alpha value is -3.47. The quantitative estimate of drug-likeness (QED) is 0.352. The molecule has 1 heterocycles. The molecule has 7 heteroatoms. The molecule has 3 N–H and O–H groups in total. The van der Waals surface area contributed by atoms with Crippen molar-refractivity contribution in [1.29, 1.82) is 0 Å². The number of thiazole rings is 1. The van der Waals surface area contributed by atoms with Crippen LogP contribution in [0.3, 0.4) is 0 Å². The molecule has 0 unspecified atom stereocenters. The lowest BCUT2D eigenvalue weighted by Crippen LogP contribution is -2.42. The summed E-state index contributed by atoms with van der Waals surface area (Å²) in [7, 11) is 0. The summed E-state index contributed by atoms with van der Waals surface area (Å²) in [6.45, 7) is 3.61. The highest BCUT2D eigenvalue weighted by Gasteiger charge is 2.21. The van der Waals surface area contributed by atoms with E-state index in [0.29, 0.717) is 16.1 Å². The fourth-order valence-electron chi connectivity index (χ4n) is 2.49. The first-order valence-electron chi connectivity index (χ1n) is 8.79. The molecule has 0 saturated heterocycles. The molecule has 1 aromatic heterocycles. The van der Waals surface area contributed by atoms with E-state index in [9.17, 15) is 9.59 Å². The van der Waals surface area contributed by atoms with Crippen molar-refractivity contribution < 1.29 is 14.8 Å². The molecule has 0 aliphatic carbocycles. The van der Waals surface area contributed by atoms with Crippen molar-refractivity contribution in [1.82, 2.24) is 15.8 Å². The number of benzene rings is 2. The van der Waals surface area contributed by atoms with E-state index in [1.165, 1.54) is 11.3 Å². The number of nitrogens with zero attached hydrogens (tertiary/aromatic N) is 1. The van der Waals surface area contributed by atoms with Gasteiger partial charge in [-0.15, -0.1) is 11.3 Å². The summed E-state index contributed by atoms with van der Waals surface area (Å²) in [5.41, 5.74) is 3.52. The predicted molar refractivity (Wildman–Crippen MR) is 112 cm³/mol. The normalized spacial score (nSPS) is 10.6. The summed E-state index contributed by atoms with van der Waals surface area (Å²) in [5, 5.41) is 13.8. The minimum atomic E-state index is -0.781. The Kier molecular flexibility index (Phi) is 6.07. The van der Waals surface area contributed by atoms with Gasteiger partial charge in [0.2, 0.25) is 0 Å². The van der Waals surface area contributed by atoms with Gasteiger partial charge in [0, 0.05) is 22.1 Å². The van der Waals surface area contributed by atoms with Gasteiger partial charge in [-0.2, -0.15) is 0 Å². The van der Waals surface area contributed by atoms with Crippen LogP contribution in [0.4, 0.5) is 0 Å². The Labute approximate surface area is 172 Å². The third-order valence-electron chi connectivity index (χ3n) is 3.96. The molecule has 3 rings (SSSR count).